The molecule has 2 aromatic heterocycles. The van der Waals surface area contributed by atoms with Gasteiger partial charge in [-0.15, -0.1) is 0 Å². The van der Waals surface area contributed by atoms with E-state index in [9.17, 15) is 14.7 Å². The number of nitrogens with zero attached hydrogens (tertiary/aromatic N) is 2. The standard InChI is InChI=1S/C29H35FN2O3/c1-5-9-21(29(34)35)26-25(20-13-12-18(17(3)4)16-23(20)30)22-15-19-10-7-8-11-24(19)31-27(22)32(14-6-2)28(26)33/h12-13,15-17,21H,5-11,14H2,1-4H3,(H,34,35). The van der Waals surface area contributed by atoms with Crippen molar-refractivity contribution in [1.29, 1.82) is 0 Å². The number of benzene rings is 1. The van der Waals surface area contributed by atoms with Crippen molar-refractivity contribution < 1.29 is 14.3 Å². The van der Waals surface area contributed by atoms with Crippen molar-refractivity contribution in [2.24, 2.45) is 0 Å². The molecule has 1 unspecified atom stereocenters. The molecule has 3 aromatic rings. The van der Waals surface area contributed by atoms with Crippen LogP contribution in [0.2, 0.25) is 0 Å². The molecule has 0 fully saturated rings. The number of fused-ring (bicyclic) bond motifs is 2. The molecule has 1 atom stereocenters. The Morgan fingerprint density at radius 2 is 1.89 bits per heavy atom. The average molecular weight is 479 g/mol. The van der Waals surface area contributed by atoms with Crippen LogP contribution < -0.4 is 5.56 Å². The van der Waals surface area contributed by atoms with Gasteiger partial charge in [-0.1, -0.05) is 46.2 Å². The molecule has 5 nitrogen and oxygen atoms in total. The third-order valence-corrected chi connectivity index (χ3v) is 7.15. The van der Waals surface area contributed by atoms with Gasteiger partial charge in [-0.2, -0.15) is 0 Å². The lowest BCUT2D eigenvalue weighted by Gasteiger charge is -2.24. The van der Waals surface area contributed by atoms with Gasteiger partial charge in [0.1, 0.15) is 11.5 Å². The lowest BCUT2D eigenvalue weighted by molar-refractivity contribution is -0.139. The first-order chi connectivity index (χ1) is 16.8. The van der Waals surface area contributed by atoms with Gasteiger partial charge in [0.05, 0.1) is 5.92 Å². The van der Waals surface area contributed by atoms with Crippen LogP contribution >= 0.6 is 0 Å². The predicted octanol–water partition coefficient (Wildman–Crippen LogP) is 6.58. The van der Waals surface area contributed by atoms with Crippen LogP contribution in [0.25, 0.3) is 22.2 Å². The third kappa shape index (κ3) is 4.63. The van der Waals surface area contributed by atoms with Crippen molar-refractivity contribution in [3.8, 4) is 11.1 Å². The monoisotopic (exact) mass is 478 g/mol. The normalized spacial score (nSPS) is 14.3. The van der Waals surface area contributed by atoms with E-state index in [1.54, 1.807) is 10.6 Å². The zero-order valence-corrected chi connectivity index (χ0v) is 21.2. The lowest BCUT2D eigenvalue weighted by atomic mass is 9.85. The molecule has 0 aliphatic heterocycles. The number of rotatable bonds is 8. The highest BCUT2D eigenvalue weighted by Crippen LogP contribution is 2.39. The van der Waals surface area contributed by atoms with E-state index in [-0.39, 0.29) is 22.6 Å². The van der Waals surface area contributed by atoms with Gasteiger partial charge in [0, 0.05) is 34.3 Å². The Labute approximate surface area is 206 Å². The van der Waals surface area contributed by atoms with Crippen molar-refractivity contribution in [1.82, 2.24) is 9.55 Å². The summed E-state index contributed by atoms with van der Waals surface area (Å²) < 4.78 is 17.3. The highest BCUT2D eigenvalue weighted by Gasteiger charge is 2.31. The quantitative estimate of drug-likeness (QED) is 0.397. The van der Waals surface area contributed by atoms with Gasteiger partial charge in [-0.25, -0.2) is 9.37 Å². The molecule has 0 saturated carbocycles. The molecule has 0 amide bonds. The summed E-state index contributed by atoms with van der Waals surface area (Å²) in [6.45, 7) is 8.31. The van der Waals surface area contributed by atoms with E-state index in [0.29, 0.717) is 42.4 Å². The summed E-state index contributed by atoms with van der Waals surface area (Å²) >= 11 is 0. The minimum Gasteiger partial charge on any atom is -0.481 e. The van der Waals surface area contributed by atoms with Crippen LogP contribution in [-0.2, 0) is 24.2 Å². The van der Waals surface area contributed by atoms with Gasteiger partial charge >= 0.3 is 5.97 Å². The highest BCUT2D eigenvalue weighted by atomic mass is 19.1. The minimum atomic E-state index is -1.06. The summed E-state index contributed by atoms with van der Waals surface area (Å²) in [5, 5.41) is 10.8. The van der Waals surface area contributed by atoms with Crippen LogP contribution in [-0.4, -0.2) is 20.6 Å². The molecule has 0 bridgehead atoms. The Morgan fingerprint density at radius 3 is 2.51 bits per heavy atom. The molecule has 1 aliphatic rings. The summed E-state index contributed by atoms with van der Waals surface area (Å²) in [5.74, 6) is -2.37. The Kier molecular flexibility index (Phi) is 7.39. The van der Waals surface area contributed by atoms with Crippen molar-refractivity contribution in [3.05, 3.63) is 62.8 Å². The van der Waals surface area contributed by atoms with Gasteiger partial charge in [0.15, 0.2) is 0 Å². The summed E-state index contributed by atoms with van der Waals surface area (Å²) in [7, 11) is 0. The molecule has 0 radical (unpaired) electrons. The van der Waals surface area contributed by atoms with Gasteiger partial charge < -0.3 is 5.11 Å². The summed E-state index contributed by atoms with van der Waals surface area (Å²) in [5.41, 5.74) is 3.96. The zero-order valence-electron chi connectivity index (χ0n) is 21.2. The molecule has 2 heterocycles. The topological polar surface area (TPSA) is 72.2 Å². The zero-order chi connectivity index (χ0) is 25.3. The Balaban J connectivity index is 2.18. The predicted molar refractivity (Wildman–Crippen MR) is 138 cm³/mol. The van der Waals surface area contributed by atoms with Crippen molar-refractivity contribution in [3.63, 3.8) is 0 Å². The van der Waals surface area contributed by atoms with Crippen molar-refractivity contribution in [2.75, 3.05) is 0 Å². The van der Waals surface area contributed by atoms with E-state index < -0.39 is 17.7 Å². The maximum Gasteiger partial charge on any atom is 0.311 e. The second-order valence-electron chi connectivity index (χ2n) is 9.99. The Bertz CT molecular complexity index is 1330. The van der Waals surface area contributed by atoms with Crippen molar-refractivity contribution >= 4 is 17.0 Å². The Hall–Kier alpha value is -3.02. The second kappa shape index (κ2) is 10.3. The summed E-state index contributed by atoms with van der Waals surface area (Å²) in [6.07, 6.45) is 5.45. The first-order valence-corrected chi connectivity index (χ1v) is 12.9. The van der Waals surface area contributed by atoms with E-state index in [0.717, 1.165) is 42.5 Å². The first kappa shape index (κ1) is 25.1. The summed E-state index contributed by atoms with van der Waals surface area (Å²) in [6, 6.07) is 7.13. The van der Waals surface area contributed by atoms with Crippen LogP contribution in [0.15, 0.2) is 29.1 Å². The van der Waals surface area contributed by atoms with Crippen LogP contribution in [0.1, 0.15) is 94.0 Å². The first-order valence-electron chi connectivity index (χ1n) is 12.9. The number of aliphatic carboxylic acids is 1. The lowest BCUT2D eigenvalue weighted by Crippen LogP contribution is -2.31. The average Bonchev–Trinajstić information content (AvgIpc) is 2.83. The maximum atomic E-state index is 15.7. The minimum absolute atomic E-state index is 0.146. The molecule has 1 aromatic carbocycles. The number of aromatic nitrogens is 2. The van der Waals surface area contributed by atoms with Crippen LogP contribution in [0, 0.1) is 5.82 Å². The SMILES string of the molecule is CCCC(C(=O)O)c1c(-c2ccc(C(C)C)cc2F)c2cc3c(nc2n(CCC)c1=O)CCCC3. The van der Waals surface area contributed by atoms with E-state index >= 15 is 4.39 Å². The van der Waals surface area contributed by atoms with Gasteiger partial charge in [-0.3, -0.25) is 14.2 Å². The largest absolute Gasteiger partial charge is 0.481 e. The van der Waals surface area contributed by atoms with E-state index in [1.165, 1.54) is 6.07 Å². The molecule has 1 aliphatic carbocycles. The number of halogens is 1. The van der Waals surface area contributed by atoms with Crippen LogP contribution in [0.4, 0.5) is 4.39 Å². The number of hydrogen-bond donors (Lipinski definition) is 1. The molecule has 0 saturated heterocycles. The fourth-order valence-corrected chi connectivity index (χ4v) is 5.32. The van der Waals surface area contributed by atoms with Gasteiger partial charge in [0.25, 0.3) is 5.56 Å². The number of aryl methyl sites for hydroxylation is 3. The molecule has 4 rings (SSSR count). The van der Waals surface area contributed by atoms with Gasteiger partial charge in [0.2, 0.25) is 0 Å². The number of pyridine rings is 2. The van der Waals surface area contributed by atoms with Gasteiger partial charge in [-0.05, 0) is 67.7 Å². The van der Waals surface area contributed by atoms with Crippen LogP contribution in [0.3, 0.4) is 0 Å². The molecular formula is C29H35FN2O3. The highest BCUT2D eigenvalue weighted by molar-refractivity contribution is 5.97. The number of carboxylic acid groups (broad SMARTS) is 1. The second-order valence-corrected chi connectivity index (χ2v) is 9.99. The van der Waals surface area contributed by atoms with Crippen LogP contribution in [0.5, 0.6) is 0 Å². The number of hydrogen-bond acceptors (Lipinski definition) is 3. The molecule has 6 heteroatoms. The molecule has 186 valence electrons. The van der Waals surface area contributed by atoms with Crippen molar-refractivity contribution in [2.45, 2.75) is 91.0 Å². The molecular weight excluding hydrogens is 443 g/mol. The molecule has 35 heavy (non-hydrogen) atoms. The van der Waals surface area contributed by atoms with E-state index in [4.69, 9.17) is 4.98 Å². The van der Waals surface area contributed by atoms with E-state index in [1.807, 2.05) is 39.8 Å². The smallest absolute Gasteiger partial charge is 0.311 e. The number of carboxylic acids is 1. The molecule has 0 spiro atoms. The fraction of sp³-hybridized carbons (Fsp3) is 0.483. The summed E-state index contributed by atoms with van der Waals surface area (Å²) in [4.78, 5) is 31.4. The Morgan fingerprint density at radius 1 is 1.14 bits per heavy atom. The fourth-order valence-electron chi connectivity index (χ4n) is 5.32. The maximum absolute atomic E-state index is 15.7. The molecule has 1 N–H and O–H groups in total. The van der Waals surface area contributed by atoms with E-state index in [2.05, 4.69) is 0 Å². The number of carbonyl (C=O) groups is 1. The third-order valence-electron chi connectivity index (χ3n) is 7.15.